The van der Waals surface area contributed by atoms with Crippen molar-refractivity contribution in [2.24, 2.45) is 0 Å². The Morgan fingerprint density at radius 3 is 2.59 bits per heavy atom. The molecule has 0 saturated carbocycles. The standard InChI is InChI=1S/C19H16N2O/c1-14(11-15-7-3-2-4-8-15)19(22)21-17-12-16-9-5-6-10-18(16)20-13-17/h2-13H,1H3,(H,21,22). The van der Waals surface area contributed by atoms with Crippen molar-refractivity contribution < 1.29 is 4.79 Å². The first-order valence-electron chi connectivity index (χ1n) is 7.12. The molecule has 3 nitrogen and oxygen atoms in total. The third kappa shape index (κ3) is 3.20. The lowest BCUT2D eigenvalue weighted by Gasteiger charge is -2.06. The second-order valence-corrected chi connectivity index (χ2v) is 5.11. The summed E-state index contributed by atoms with van der Waals surface area (Å²) >= 11 is 0. The molecule has 0 aliphatic heterocycles. The van der Waals surface area contributed by atoms with Gasteiger partial charge in [-0.15, -0.1) is 0 Å². The maximum Gasteiger partial charge on any atom is 0.251 e. The van der Waals surface area contributed by atoms with Crippen LogP contribution in [-0.2, 0) is 4.79 Å². The molecule has 2 aromatic carbocycles. The number of nitrogens with zero attached hydrogens (tertiary/aromatic N) is 1. The van der Waals surface area contributed by atoms with E-state index in [9.17, 15) is 4.79 Å². The van der Waals surface area contributed by atoms with Gasteiger partial charge < -0.3 is 5.32 Å². The lowest BCUT2D eigenvalue weighted by atomic mass is 10.1. The number of pyridine rings is 1. The second kappa shape index (κ2) is 6.22. The highest BCUT2D eigenvalue weighted by Gasteiger charge is 2.06. The van der Waals surface area contributed by atoms with Crippen LogP contribution in [-0.4, -0.2) is 10.9 Å². The molecule has 22 heavy (non-hydrogen) atoms. The Morgan fingerprint density at radius 2 is 1.77 bits per heavy atom. The summed E-state index contributed by atoms with van der Waals surface area (Å²) in [6, 6.07) is 19.5. The summed E-state index contributed by atoms with van der Waals surface area (Å²) in [5, 5.41) is 3.89. The van der Waals surface area contributed by atoms with E-state index in [4.69, 9.17) is 0 Å². The molecule has 1 N–H and O–H groups in total. The number of amides is 1. The number of aromatic nitrogens is 1. The lowest BCUT2D eigenvalue weighted by Crippen LogP contribution is -2.12. The normalized spacial score (nSPS) is 11.4. The summed E-state index contributed by atoms with van der Waals surface area (Å²) in [6.07, 6.45) is 3.54. The Morgan fingerprint density at radius 1 is 1.05 bits per heavy atom. The zero-order valence-electron chi connectivity index (χ0n) is 12.3. The van der Waals surface area contributed by atoms with Crippen molar-refractivity contribution in [3.05, 3.63) is 78.0 Å². The predicted molar refractivity (Wildman–Crippen MR) is 90.5 cm³/mol. The van der Waals surface area contributed by atoms with Gasteiger partial charge in [0.25, 0.3) is 5.91 Å². The van der Waals surface area contributed by atoms with Crippen LogP contribution in [0.2, 0.25) is 0 Å². The van der Waals surface area contributed by atoms with Gasteiger partial charge in [-0.25, -0.2) is 0 Å². The molecular weight excluding hydrogens is 272 g/mol. The molecule has 1 aromatic heterocycles. The number of anilines is 1. The molecular formula is C19H16N2O. The van der Waals surface area contributed by atoms with Gasteiger partial charge in [0.15, 0.2) is 0 Å². The van der Waals surface area contributed by atoms with Crippen molar-refractivity contribution in [1.82, 2.24) is 4.98 Å². The molecule has 3 heteroatoms. The summed E-state index contributed by atoms with van der Waals surface area (Å²) in [5.74, 6) is -0.124. The van der Waals surface area contributed by atoms with Crippen LogP contribution < -0.4 is 5.32 Å². The van der Waals surface area contributed by atoms with Gasteiger partial charge in [0.05, 0.1) is 17.4 Å². The van der Waals surface area contributed by atoms with E-state index in [1.54, 1.807) is 13.1 Å². The number of carbonyl (C=O) groups is 1. The summed E-state index contributed by atoms with van der Waals surface area (Å²) < 4.78 is 0. The Balaban J connectivity index is 1.79. The van der Waals surface area contributed by atoms with Crippen LogP contribution in [0, 0.1) is 0 Å². The molecule has 0 unspecified atom stereocenters. The van der Waals surface area contributed by atoms with E-state index in [2.05, 4.69) is 10.3 Å². The van der Waals surface area contributed by atoms with E-state index >= 15 is 0 Å². The summed E-state index contributed by atoms with van der Waals surface area (Å²) in [6.45, 7) is 1.80. The maximum absolute atomic E-state index is 12.2. The molecule has 3 rings (SSSR count). The van der Waals surface area contributed by atoms with Gasteiger partial charge in [0.1, 0.15) is 0 Å². The van der Waals surface area contributed by atoms with Crippen LogP contribution in [0.3, 0.4) is 0 Å². The van der Waals surface area contributed by atoms with Crippen molar-refractivity contribution in [3.8, 4) is 0 Å². The summed E-state index contributed by atoms with van der Waals surface area (Å²) in [5.41, 5.74) is 3.27. The average molecular weight is 288 g/mol. The zero-order chi connectivity index (χ0) is 15.4. The number of nitrogens with one attached hydrogen (secondary N) is 1. The minimum absolute atomic E-state index is 0.124. The summed E-state index contributed by atoms with van der Waals surface area (Å²) in [7, 11) is 0. The van der Waals surface area contributed by atoms with Crippen molar-refractivity contribution in [1.29, 1.82) is 0 Å². The number of carbonyl (C=O) groups excluding carboxylic acids is 1. The Bertz CT molecular complexity index is 838. The van der Waals surface area contributed by atoms with E-state index in [1.807, 2.05) is 66.7 Å². The van der Waals surface area contributed by atoms with E-state index in [0.29, 0.717) is 11.3 Å². The fourth-order valence-corrected chi connectivity index (χ4v) is 2.23. The first-order valence-corrected chi connectivity index (χ1v) is 7.12. The smallest absolute Gasteiger partial charge is 0.251 e. The van der Waals surface area contributed by atoms with Crippen molar-refractivity contribution in [2.75, 3.05) is 5.32 Å². The van der Waals surface area contributed by atoms with Crippen LogP contribution in [0.5, 0.6) is 0 Å². The van der Waals surface area contributed by atoms with Crippen LogP contribution in [0.15, 0.2) is 72.4 Å². The highest BCUT2D eigenvalue weighted by atomic mass is 16.1. The quantitative estimate of drug-likeness (QED) is 0.731. The van der Waals surface area contributed by atoms with Crippen LogP contribution in [0.25, 0.3) is 17.0 Å². The maximum atomic E-state index is 12.2. The molecule has 0 saturated heterocycles. The fourth-order valence-electron chi connectivity index (χ4n) is 2.23. The largest absolute Gasteiger partial charge is 0.321 e. The number of rotatable bonds is 3. The highest BCUT2D eigenvalue weighted by molar-refractivity contribution is 6.06. The molecule has 0 bridgehead atoms. The molecule has 0 radical (unpaired) electrons. The molecule has 0 aliphatic rings. The van der Waals surface area contributed by atoms with Gasteiger partial charge in [-0.2, -0.15) is 0 Å². The lowest BCUT2D eigenvalue weighted by molar-refractivity contribution is -0.112. The molecule has 1 amide bonds. The van der Waals surface area contributed by atoms with Crippen LogP contribution >= 0.6 is 0 Å². The monoisotopic (exact) mass is 288 g/mol. The van der Waals surface area contributed by atoms with Gasteiger partial charge in [0.2, 0.25) is 0 Å². The number of benzene rings is 2. The first-order chi connectivity index (χ1) is 10.7. The summed E-state index contributed by atoms with van der Waals surface area (Å²) in [4.78, 5) is 16.6. The SMILES string of the molecule is CC(=Cc1ccccc1)C(=O)Nc1cnc2ccccc2c1. The zero-order valence-corrected chi connectivity index (χ0v) is 12.3. The van der Waals surface area contributed by atoms with Gasteiger partial charge in [-0.05, 0) is 30.7 Å². The Hall–Kier alpha value is -2.94. The second-order valence-electron chi connectivity index (χ2n) is 5.11. The van der Waals surface area contributed by atoms with Gasteiger partial charge in [0, 0.05) is 11.0 Å². The van der Waals surface area contributed by atoms with Crippen molar-refractivity contribution >= 4 is 28.6 Å². The minimum Gasteiger partial charge on any atom is -0.321 e. The molecule has 0 aliphatic carbocycles. The average Bonchev–Trinajstić information content (AvgIpc) is 2.55. The van der Waals surface area contributed by atoms with Crippen molar-refractivity contribution in [2.45, 2.75) is 6.92 Å². The topological polar surface area (TPSA) is 42.0 Å². The van der Waals surface area contributed by atoms with E-state index in [1.165, 1.54) is 0 Å². The van der Waals surface area contributed by atoms with E-state index in [0.717, 1.165) is 16.5 Å². The van der Waals surface area contributed by atoms with Gasteiger partial charge in [-0.1, -0.05) is 48.5 Å². The molecule has 1 heterocycles. The first kappa shape index (κ1) is 14.0. The molecule has 0 fully saturated rings. The number of hydrogen-bond donors (Lipinski definition) is 1. The molecule has 0 atom stereocenters. The third-order valence-electron chi connectivity index (χ3n) is 3.39. The molecule has 108 valence electrons. The van der Waals surface area contributed by atoms with Crippen molar-refractivity contribution in [3.63, 3.8) is 0 Å². The predicted octanol–water partition coefficient (Wildman–Crippen LogP) is 4.28. The van der Waals surface area contributed by atoms with Gasteiger partial charge >= 0.3 is 0 Å². The van der Waals surface area contributed by atoms with E-state index in [-0.39, 0.29) is 5.91 Å². The van der Waals surface area contributed by atoms with Gasteiger partial charge in [-0.3, -0.25) is 9.78 Å². The van der Waals surface area contributed by atoms with Crippen LogP contribution in [0.1, 0.15) is 12.5 Å². The molecule has 3 aromatic rings. The number of hydrogen-bond acceptors (Lipinski definition) is 2. The van der Waals surface area contributed by atoms with E-state index < -0.39 is 0 Å². The van der Waals surface area contributed by atoms with Crippen LogP contribution in [0.4, 0.5) is 5.69 Å². The minimum atomic E-state index is -0.124. The fraction of sp³-hybridized carbons (Fsp3) is 0.0526. The number of fused-ring (bicyclic) bond motifs is 1. The third-order valence-corrected chi connectivity index (χ3v) is 3.39. The Labute approximate surface area is 129 Å². The molecule has 0 spiro atoms. The number of para-hydroxylation sites is 1. The highest BCUT2D eigenvalue weighted by Crippen LogP contribution is 2.17. The Kier molecular flexibility index (Phi) is 3.97.